The number of aryl methyl sites for hydroxylation is 1. The number of hydrogen-bond donors (Lipinski definition) is 1. The molecule has 0 heterocycles. The van der Waals surface area contributed by atoms with Gasteiger partial charge in [-0.05, 0) is 12.5 Å². The first-order valence-corrected chi connectivity index (χ1v) is 6.15. The maximum atomic E-state index is 11.3. The number of thioether (sulfide) groups is 1. The highest BCUT2D eigenvalue weighted by molar-refractivity contribution is 8.00. The van der Waals surface area contributed by atoms with Crippen LogP contribution in [0.15, 0.2) is 24.3 Å². The number of nitrogens with zero attached hydrogens (tertiary/aromatic N) is 1. The highest BCUT2D eigenvalue weighted by Crippen LogP contribution is 2.03. The Balaban J connectivity index is 2.26. The molecule has 84 valence electrons. The number of hydrogen-bond acceptors (Lipinski definition) is 3. The molecule has 0 unspecified atom stereocenters. The van der Waals surface area contributed by atoms with Gasteiger partial charge in [0, 0.05) is 6.54 Å². The third-order valence-corrected chi connectivity index (χ3v) is 2.81. The summed E-state index contributed by atoms with van der Waals surface area (Å²) < 4.78 is 0. The number of rotatable bonds is 5. The average molecular weight is 234 g/mol. The van der Waals surface area contributed by atoms with Gasteiger partial charge >= 0.3 is 0 Å². The van der Waals surface area contributed by atoms with Crippen LogP contribution in [0.2, 0.25) is 0 Å². The molecule has 4 heteroatoms. The molecule has 0 aliphatic heterocycles. The van der Waals surface area contributed by atoms with Gasteiger partial charge in [0.25, 0.3) is 0 Å². The van der Waals surface area contributed by atoms with E-state index in [1.54, 1.807) is 0 Å². The standard InChI is InChI=1S/C12H14N2OS/c1-10-2-4-11(5-3-10)8-14-12(15)9-16-7-6-13/h2-5H,7-9H2,1H3,(H,14,15). The lowest BCUT2D eigenvalue weighted by atomic mass is 10.1. The van der Waals surface area contributed by atoms with Crippen LogP contribution in [0.25, 0.3) is 0 Å². The van der Waals surface area contributed by atoms with Gasteiger partial charge in [-0.25, -0.2) is 0 Å². The van der Waals surface area contributed by atoms with Crippen molar-refractivity contribution in [3.63, 3.8) is 0 Å². The summed E-state index contributed by atoms with van der Waals surface area (Å²) in [5.74, 6) is 0.679. The Morgan fingerprint density at radius 2 is 2.12 bits per heavy atom. The van der Waals surface area contributed by atoms with Crippen molar-refractivity contribution in [3.8, 4) is 6.07 Å². The second-order valence-corrected chi connectivity index (χ2v) is 4.40. The van der Waals surface area contributed by atoms with Crippen molar-refractivity contribution in [2.24, 2.45) is 0 Å². The lowest BCUT2D eigenvalue weighted by Crippen LogP contribution is -2.24. The van der Waals surface area contributed by atoms with Gasteiger partial charge in [-0.3, -0.25) is 4.79 Å². The van der Waals surface area contributed by atoms with Gasteiger partial charge in [-0.2, -0.15) is 5.26 Å². The van der Waals surface area contributed by atoms with Crippen molar-refractivity contribution in [1.82, 2.24) is 5.32 Å². The van der Waals surface area contributed by atoms with E-state index >= 15 is 0 Å². The van der Waals surface area contributed by atoms with Crippen LogP contribution >= 0.6 is 11.8 Å². The van der Waals surface area contributed by atoms with E-state index in [9.17, 15) is 4.79 Å². The number of nitriles is 1. The van der Waals surface area contributed by atoms with Crippen LogP contribution in [-0.2, 0) is 11.3 Å². The van der Waals surface area contributed by atoms with Gasteiger partial charge in [0.15, 0.2) is 0 Å². The maximum absolute atomic E-state index is 11.3. The minimum atomic E-state index is -0.0270. The van der Waals surface area contributed by atoms with E-state index in [0.717, 1.165) is 5.56 Å². The van der Waals surface area contributed by atoms with Crippen molar-refractivity contribution in [3.05, 3.63) is 35.4 Å². The van der Waals surface area contributed by atoms with Crippen LogP contribution < -0.4 is 5.32 Å². The van der Waals surface area contributed by atoms with Crippen LogP contribution in [0, 0.1) is 18.3 Å². The van der Waals surface area contributed by atoms with Gasteiger partial charge in [0.1, 0.15) is 0 Å². The van der Waals surface area contributed by atoms with Gasteiger partial charge in [-0.15, -0.1) is 11.8 Å². The lowest BCUT2D eigenvalue weighted by Gasteiger charge is -2.04. The largest absolute Gasteiger partial charge is 0.351 e. The second kappa shape index (κ2) is 6.91. The molecular weight excluding hydrogens is 220 g/mol. The lowest BCUT2D eigenvalue weighted by molar-refractivity contribution is -0.118. The predicted octanol–water partition coefficient (Wildman–Crippen LogP) is 1.87. The van der Waals surface area contributed by atoms with Crippen molar-refractivity contribution in [2.75, 3.05) is 11.5 Å². The molecule has 0 fully saturated rings. The van der Waals surface area contributed by atoms with Crippen LogP contribution in [0.5, 0.6) is 0 Å². The fourth-order valence-electron chi connectivity index (χ4n) is 1.15. The zero-order chi connectivity index (χ0) is 11.8. The van der Waals surface area contributed by atoms with Crippen LogP contribution in [-0.4, -0.2) is 17.4 Å². The Hall–Kier alpha value is -1.47. The molecule has 16 heavy (non-hydrogen) atoms. The molecule has 0 saturated heterocycles. The van der Waals surface area contributed by atoms with Crippen molar-refractivity contribution >= 4 is 17.7 Å². The smallest absolute Gasteiger partial charge is 0.230 e. The third-order valence-electron chi connectivity index (χ3n) is 2.01. The van der Waals surface area contributed by atoms with Crippen molar-refractivity contribution in [2.45, 2.75) is 13.5 Å². The molecule has 0 aliphatic rings. The molecule has 1 N–H and O–H groups in total. The summed E-state index contributed by atoms with van der Waals surface area (Å²) in [6, 6.07) is 10.0. The first-order chi connectivity index (χ1) is 7.72. The normalized spacial score (nSPS) is 9.50. The molecule has 0 aromatic heterocycles. The Morgan fingerprint density at radius 1 is 1.44 bits per heavy atom. The molecule has 0 atom stereocenters. The second-order valence-electron chi connectivity index (χ2n) is 3.41. The van der Waals surface area contributed by atoms with E-state index in [-0.39, 0.29) is 5.91 Å². The Labute approximate surface area is 99.8 Å². The van der Waals surface area contributed by atoms with E-state index in [0.29, 0.717) is 18.1 Å². The van der Waals surface area contributed by atoms with E-state index in [4.69, 9.17) is 5.26 Å². The monoisotopic (exact) mass is 234 g/mol. The summed E-state index contributed by atoms with van der Waals surface area (Å²) in [7, 11) is 0. The Morgan fingerprint density at radius 3 is 2.75 bits per heavy atom. The molecule has 1 amide bonds. The third kappa shape index (κ3) is 4.85. The number of amides is 1. The first-order valence-electron chi connectivity index (χ1n) is 4.99. The highest BCUT2D eigenvalue weighted by atomic mass is 32.2. The molecule has 1 aromatic rings. The van der Waals surface area contributed by atoms with Gasteiger partial charge in [0.05, 0.1) is 17.6 Å². The van der Waals surface area contributed by atoms with E-state index in [2.05, 4.69) is 5.32 Å². The summed E-state index contributed by atoms with van der Waals surface area (Å²) in [6.07, 6.45) is 0. The molecular formula is C12H14N2OS. The van der Waals surface area contributed by atoms with E-state index in [1.807, 2.05) is 37.3 Å². The molecule has 1 aromatic carbocycles. The maximum Gasteiger partial charge on any atom is 0.230 e. The zero-order valence-electron chi connectivity index (χ0n) is 9.19. The van der Waals surface area contributed by atoms with Crippen LogP contribution in [0.4, 0.5) is 0 Å². The fraction of sp³-hybridized carbons (Fsp3) is 0.333. The Kier molecular flexibility index (Phi) is 5.44. The molecule has 0 spiro atoms. The average Bonchev–Trinajstić information content (AvgIpc) is 2.29. The van der Waals surface area contributed by atoms with Gasteiger partial charge < -0.3 is 5.32 Å². The quantitative estimate of drug-likeness (QED) is 0.791. The van der Waals surface area contributed by atoms with Gasteiger partial charge in [0.2, 0.25) is 5.91 Å². The van der Waals surface area contributed by atoms with Crippen molar-refractivity contribution in [1.29, 1.82) is 5.26 Å². The molecule has 3 nitrogen and oxygen atoms in total. The van der Waals surface area contributed by atoms with Crippen molar-refractivity contribution < 1.29 is 4.79 Å². The van der Waals surface area contributed by atoms with E-state index < -0.39 is 0 Å². The molecule has 1 rings (SSSR count). The topological polar surface area (TPSA) is 52.9 Å². The number of benzene rings is 1. The zero-order valence-corrected chi connectivity index (χ0v) is 10.0. The predicted molar refractivity (Wildman–Crippen MR) is 66.0 cm³/mol. The minimum absolute atomic E-state index is 0.0270. The number of nitrogens with one attached hydrogen (secondary N) is 1. The molecule has 0 bridgehead atoms. The molecule has 0 aliphatic carbocycles. The van der Waals surface area contributed by atoms with Crippen LogP contribution in [0.3, 0.4) is 0 Å². The SMILES string of the molecule is Cc1ccc(CNC(=O)CSCC#N)cc1. The Bertz CT molecular complexity index is 381. The summed E-state index contributed by atoms with van der Waals surface area (Å²) in [5.41, 5.74) is 2.30. The minimum Gasteiger partial charge on any atom is -0.351 e. The number of carbonyl (C=O) groups is 1. The summed E-state index contributed by atoms with van der Waals surface area (Å²) in [6.45, 7) is 2.58. The van der Waals surface area contributed by atoms with Crippen LogP contribution in [0.1, 0.15) is 11.1 Å². The van der Waals surface area contributed by atoms with E-state index in [1.165, 1.54) is 17.3 Å². The summed E-state index contributed by atoms with van der Waals surface area (Å²) in [4.78, 5) is 11.3. The summed E-state index contributed by atoms with van der Waals surface area (Å²) in [5, 5.41) is 11.1. The molecule has 0 saturated carbocycles. The fourth-order valence-corrected chi connectivity index (χ4v) is 1.63. The first kappa shape index (κ1) is 12.6. The molecule has 0 radical (unpaired) electrons. The van der Waals surface area contributed by atoms with Gasteiger partial charge in [-0.1, -0.05) is 29.8 Å². The highest BCUT2D eigenvalue weighted by Gasteiger charge is 2.00. The number of carbonyl (C=O) groups excluding carboxylic acids is 1. The summed E-state index contributed by atoms with van der Waals surface area (Å²) >= 11 is 1.33.